The zero-order chi connectivity index (χ0) is 19.3. The van der Waals surface area contributed by atoms with Crippen LogP contribution in [0.3, 0.4) is 0 Å². The minimum Gasteiger partial charge on any atom is -0.494 e. The van der Waals surface area contributed by atoms with Crippen molar-refractivity contribution in [1.82, 2.24) is 0 Å². The number of hydrogen-bond donors (Lipinski definition) is 1. The molecule has 0 bridgehead atoms. The van der Waals surface area contributed by atoms with E-state index in [1.807, 2.05) is 24.3 Å². The molecule has 0 radical (unpaired) electrons. The van der Waals surface area contributed by atoms with Gasteiger partial charge in [0, 0.05) is 0 Å². The van der Waals surface area contributed by atoms with Crippen LogP contribution in [0, 0.1) is 0 Å². The van der Waals surface area contributed by atoms with Crippen molar-refractivity contribution < 1.29 is 9.84 Å². The Morgan fingerprint density at radius 1 is 0.704 bits per heavy atom. The van der Waals surface area contributed by atoms with E-state index in [0.29, 0.717) is 0 Å². The molecule has 2 aromatic carbocycles. The molecule has 0 saturated carbocycles. The summed E-state index contributed by atoms with van der Waals surface area (Å²) in [6.45, 7) is 4.86. The first-order chi connectivity index (χ1) is 13.2. The Morgan fingerprint density at radius 3 is 1.70 bits per heavy atom. The molecular weight excluding hydrogens is 332 g/mol. The first kappa shape index (κ1) is 21.5. The smallest absolute Gasteiger partial charge is 0.119 e. The maximum absolute atomic E-state index is 9.60. The van der Waals surface area contributed by atoms with E-state index in [9.17, 15) is 5.11 Å². The third-order valence-electron chi connectivity index (χ3n) is 5.10. The molecular formula is C25H36O2. The molecule has 0 aliphatic rings. The van der Waals surface area contributed by atoms with E-state index < -0.39 is 6.10 Å². The van der Waals surface area contributed by atoms with Crippen LogP contribution in [-0.4, -0.2) is 11.7 Å². The normalized spacial score (nSPS) is 12.1. The van der Waals surface area contributed by atoms with E-state index in [0.717, 1.165) is 29.9 Å². The third-order valence-corrected chi connectivity index (χ3v) is 5.10. The lowest BCUT2D eigenvalue weighted by molar-refractivity contribution is 0.199. The summed E-state index contributed by atoms with van der Waals surface area (Å²) in [7, 11) is 0. The van der Waals surface area contributed by atoms with Crippen LogP contribution < -0.4 is 4.74 Å². The van der Waals surface area contributed by atoms with Gasteiger partial charge in [0.25, 0.3) is 0 Å². The van der Waals surface area contributed by atoms with E-state index >= 15 is 0 Å². The highest BCUT2D eigenvalue weighted by Crippen LogP contribution is 2.24. The molecule has 0 aliphatic carbocycles. The van der Waals surface area contributed by atoms with E-state index in [4.69, 9.17) is 4.74 Å². The zero-order valence-electron chi connectivity index (χ0n) is 17.1. The van der Waals surface area contributed by atoms with Crippen LogP contribution >= 0.6 is 0 Å². The first-order valence-corrected chi connectivity index (χ1v) is 10.7. The number of benzene rings is 2. The van der Waals surface area contributed by atoms with Crippen molar-refractivity contribution in [3.8, 4) is 16.9 Å². The summed E-state index contributed by atoms with van der Waals surface area (Å²) >= 11 is 0. The highest BCUT2D eigenvalue weighted by atomic mass is 16.5. The van der Waals surface area contributed by atoms with Gasteiger partial charge in [-0.1, -0.05) is 94.7 Å². The SMILES string of the molecule is CCCCCCCCCCCOc1ccc(-c2ccc(C(C)O)cc2)cc1. The largest absolute Gasteiger partial charge is 0.494 e. The topological polar surface area (TPSA) is 29.5 Å². The number of hydrogen-bond acceptors (Lipinski definition) is 2. The van der Waals surface area contributed by atoms with E-state index in [1.165, 1.54) is 56.9 Å². The molecule has 2 aromatic rings. The fraction of sp³-hybridized carbons (Fsp3) is 0.520. The lowest BCUT2D eigenvalue weighted by Crippen LogP contribution is -1.97. The summed E-state index contributed by atoms with van der Waals surface area (Å²) in [6, 6.07) is 16.4. The number of aliphatic hydroxyl groups excluding tert-OH is 1. The lowest BCUT2D eigenvalue weighted by Gasteiger charge is -2.09. The molecule has 0 aliphatic heterocycles. The van der Waals surface area contributed by atoms with Crippen molar-refractivity contribution in [2.75, 3.05) is 6.61 Å². The molecule has 27 heavy (non-hydrogen) atoms. The molecule has 0 amide bonds. The average molecular weight is 369 g/mol. The fourth-order valence-corrected chi connectivity index (χ4v) is 3.30. The third kappa shape index (κ3) is 8.17. The van der Waals surface area contributed by atoms with Gasteiger partial charge in [-0.2, -0.15) is 0 Å². The molecule has 1 N–H and O–H groups in total. The standard InChI is InChI=1S/C25H36O2/c1-3-4-5-6-7-8-9-10-11-20-27-25-18-16-24(17-19-25)23-14-12-22(13-15-23)21(2)26/h12-19,21,26H,3-11,20H2,1-2H3. The Kier molecular flexibility index (Phi) is 10.0. The van der Waals surface area contributed by atoms with Crippen molar-refractivity contribution in [3.63, 3.8) is 0 Å². The summed E-state index contributed by atoms with van der Waals surface area (Å²) in [4.78, 5) is 0. The second-order valence-electron chi connectivity index (χ2n) is 7.50. The Bertz CT molecular complexity index is 614. The van der Waals surface area contributed by atoms with Crippen molar-refractivity contribution in [2.24, 2.45) is 0 Å². The molecule has 1 unspecified atom stereocenters. The molecule has 0 saturated heterocycles. The van der Waals surface area contributed by atoms with Crippen LogP contribution in [0.5, 0.6) is 5.75 Å². The zero-order valence-corrected chi connectivity index (χ0v) is 17.1. The van der Waals surface area contributed by atoms with E-state index in [-0.39, 0.29) is 0 Å². The van der Waals surface area contributed by atoms with E-state index in [2.05, 4.69) is 31.2 Å². The molecule has 2 heteroatoms. The highest BCUT2D eigenvalue weighted by molar-refractivity contribution is 5.64. The summed E-state index contributed by atoms with van der Waals surface area (Å²) in [5, 5.41) is 9.60. The molecule has 0 heterocycles. The number of ether oxygens (including phenoxy) is 1. The Balaban J connectivity index is 1.63. The molecule has 0 aromatic heterocycles. The van der Waals surface area contributed by atoms with Gasteiger partial charge >= 0.3 is 0 Å². The van der Waals surface area contributed by atoms with Gasteiger partial charge in [0.15, 0.2) is 0 Å². The van der Waals surface area contributed by atoms with Crippen molar-refractivity contribution in [3.05, 3.63) is 54.1 Å². The van der Waals surface area contributed by atoms with Crippen LogP contribution in [-0.2, 0) is 0 Å². The second-order valence-corrected chi connectivity index (χ2v) is 7.50. The predicted octanol–water partition coefficient (Wildman–Crippen LogP) is 7.32. The minimum atomic E-state index is -0.420. The van der Waals surface area contributed by atoms with Gasteiger partial charge in [0.05, 0.1) is 12.7 Å². The Morgan fingerprint density at radius 2 is 1.19 bits per heavy atom. The van der Waals surface area contributed by atoms with Gasteiger partial charge in [0.1, 0.15) is 5.75 Å². The lowest BCUT2D eigenvalue weighted by atomic mass is 10.0. The number of unbranched alkanes of at least 4 members (excludes halogenated alkanes) is 8. The summed E-state index contributed by atoms with van der Waals surface area (Å²) in [5.41, 5.74) is 3.27. The summed E-state index contributed by atoms with van der Waals surface area (Å²) in [5.74, 6) is 0.943. The quantitative estimate of drug-likeness (QED) is 0.375. The molecule has 0 fully saturated rings. The fourth-order valence-electron chi connectivity index (χ4n) is 3.30. The second kappa shape index (κ2) is 12.6. The van der Waals surface area contributed by atoms with Crippen LogP contribution in [0.2, 0.25) is 0 Å². The van der Waals surface area contributed by atoms with Crippen LogP contribution in [0.15, 0.2) is 48.5 Å². The van der Waals surface area contributed by atoms with Crippen molar-refractivity contribution in [2.45, 2.75) is 77.7 Å². The van der Waals surface area contributed by atoms with Crippen LogP contribution in [0.1, 0.15) is 83.3 Å². The van der Waals surface area contributed by atoms with Gasteiger partial charge in [-0.3, -0.25) is 0 Å². The molecule has 1 atom stereocenters. The molecule has 148 valence electrons. The summed E-state index contributed by atoms with van der Waals surface area (Å²) in [6.07, 6.45) is 11.6. The van der Waals surface area contributed by atoms with Crippen molar-refractivity contribution >= 4 is 0 Å². The van der Waals surface area contributed by atoms with Gasteiger partial charge in [-0.15, -0.1) is 0 Å². The van der Waals surface area contributed by atoms with Crippen LogP contribution in [0.25, 0.3) is 11.1 Å². The van der Waals surface area contributed by atoms with E-state index in [1.54, 1.807) is 6.92 Å². The molecule has 2 rings (SSSR count). The maximum atomic E-state index is 9.60. The number of rotatable bonds is 13. The maximum Gasteiger partial charge on any atom is 0.119 e. The Hall–Kier alpha value is -1.80. The van der Waals surface area contributed by atoms with Crippen LogP contribution in [0.4, 0.5) is 0 Å². The predicted molar refractivity (Wildman–Crippen MR) is 115 cm³/mol. The first-order valence-electron chi connectivity index (χ1n) is 10.7. The molecule has 0 spiro atoms. The minimum absolute atomic E-state index is 0.420. The highest BCUT2D eigenvalue weighted by Gasteiger charge is 2.02. The van der Waals surface area contributed by atoms with Gasteiger partial charge in [-0.05, 0) is 42.2 Å². The number of aliphatic hydroxyl groups is 1. The van der Waals surface area contributed by atoms with Gasteiger partial charge in [0.2, 0.25) is 0 Å². The summed E-state index contributed by atoms with van der Waals surface area (Å²) < 4.78 is 5.87. The average Bonchev–Trinajstić information content (AvgIpc) is 2.70. The van der Waals surface area contributed by atoms with Crippen molar-refractivity contribution in [1.29, 1.82) is 0 Å². The molecule has 2 nitrogen and oxygen atoms in total. The monoisotopic (exact) mass is 368 g/mol. The van der Waals surface area contributed by atoms with Gasteiger partial charge in [-0.25, -0.2) is 0 Å². The Labute approximate surface area is 165 Å². The van der Waals surface area contributed by atoms with Gasteiger partial charge < -0.3 is 9.84 Å².